The van der Waals surface area contributed by atoms with Crippen molar-refractivity contribution in [1.29, 1.82) is 0 Å². The molecule has 1 unspecified atom stereocenters. The van der Waals surface area contributed by atoms with Crippen LogP contribution >= 0.6 is 0 Å². The van der Waals surface area contributed by atoms with Crippen molar-refractivity contribution in [2.24, 2.45) is 11.8 Å². The summed E-state index contributed by atoms with van der Waals surface area (Å²) in [5, 5.41) is 0. The zero-order valence-electron chi connectivity index (χ0n) is 17.8. The standard InChI is InChI=1S/C24H35F3O2/c1-3-6-17-8-10-18(11-9-17)7-5-14-28-23-15-19-12-13-20(4-2)29-22(19)16-21(23)24(25,26)27/h15-18,20H,3-14H2,1-2H3. The molecule has 1 aromatic rings. The summed E-state index contributed by atoms with van der Waals surface area (Å²) in [5.41, 5.74) is 0.111. The number of aryl methyl sites for hydroxylation is 1. The molecule has 0 radical (unpaired) electrons. The van der Waals surface area contributed by atoms with Gasteiger partial charge in [0.1, 0.15) is 17.1 Å². The molecule has 0 aromatic heterocycles. The van der Waals surface area contributed by atoms with Gasteiger partial charge < -0.3 is 9.47 Å². The van der Waals surface area contributed by atoms with E-state index in [0.29, 0.717) is 18.3 Å². The molecule has 1 heterocycles. The summed E-state index contributed by atoms with van der Waals surface area (Å²) in [6.45, 7) is 4.58. The van der Waals surface area contributed by atoms with Gasteiger partial charge in [0, 0.05) is 0 Å². The van der Waals surface area contributed by atoms with E-state index in [2.05, 4.69) is 6.92 Å². The van der Waals surface area contributed by atoms with Crippen LogP contribution < -0.4 is 9.47 Å². The monoisotopic (exact) mass is 412 g/mol. The predicted octanol–water partition coefficient (Wildman–Crippen LogP) is 7.57. The number of halogens is 3. The SMILES string of the molecule is CCCC1CCC(CCCOc2cc3c(cc2C(F)(F)F)OC(CC)CC3)CC1. The molecule has 0 N–H and O–H groups in total. The Morgan fingerprint density at radius 3 is 2.31 bits per heavy atom. The molecular formula is C24H35F3O2. The number of hydrogen-bond donors (Lipinski definition) is 0. The lowest BCUT2D eigenvalue weighted by molar-refractivity contribution is -0.139. The first kappa shape index (κ1) is 22.3. The van der Waals surface area contributed by atoms with E-state index in [4.69, 9.17) is 9.47 Å². The van der Waals surface area contributed by atoms with Gasteiger partial charge in [-0.25, -0.2) is 0 Å². The number of fused-ring (bicyclic) bond motifs is 1. The van der Waals surface area contributed by atoms with Crippen LogP contribution in [0.4, 0.5) is 13.2 Å². The average molecular weight is 413 g/mol. The second-order valence-electron chi connectivity index (χ2n) is 8.81. The second-order valence-corrected chi connectivity index (χ2v) is 8.81. The van der Waals surface area contributed by atoms with E-state index >= 15 is 0 Å². The number of benzene rings is 1. The van der Waals surface area contributed by atoms with Crippen LogP contribution in [0.2, 0.25) is 0 Å². The Morgan fingerprint density at radius 1 is 1.00 bits per heavy atom. The molecule has 3 rings (SSSR count). The van der Waals surface area contributed by atoms with Gasteiger partial charge in [0.15, 0.2) is 0 Å². The lowest BCUT2D eigenvalue weighted by Gasteiger charge is -2.28. The van der Waals surface area contributed by atoms with Crippen LogP contribution in [0.5, 0.6) is 11.5 Å². The number of alkyl halides is 3. The van der Waals surface area contributed by atoms with E-state index in [1.54, 1.807) is 6.07 Å². The molecular weight excluding hydrogens is 377 g/mol. The van der Waals surface area contributed by atoms with Crippen LogP contribution in [0.15, 0.2) is 12.1 Å². The van der Waals surface area contributed by atoms with E-state index in [1.807, 2.05) is 6.92 Å². The largest absolute Gasteiger partial charge is 0.493 e. The topological polar surface area (TPSA) is 18.5 Å². The highest BCUT2D eigenvalue weighted by atomic mass is 19.4. The van der Waals surface area contributed by atoms with Gasteiger partial charge in [-0.05, 0) is 61.6 Å². The summed E-state index contributed by atoms with van der Waals surface area (Å²) in [5.74, 6) is 1.91. The summed E-state index contributed by atoms with van der Waals surface area (Å²) in [6, 6.07) is 2.70. The van der Waals surface area contributed by atoms with Crippen molar-refractivity contribution in [2.45, 2.75) is 96.8 Å². The third kappa shape index (κ3) is 6.05. The molecule has 29 heavy (non-hydrogen) atoms. The minimum atomic E-state index is -4.44. The minimum Gasteiger partial charge on any atom is -0.493 e. The van der Waals surface area contributed by atoms with Crippen molar-refractivity contribution in [2.75, 3.05) is 6.61 Å². The van der Waals surface area contributed by atoms with Crippen LogP contribution in [0.3, 0.4) is 0 Å². The molecule has 1 atom stereocenters. The van der Waals surface area contributed by atoms with Crippen LogP contribution in [-0.2, 0) is 12.6 Å². The molecule has 2 nitrogen and oxygen atoms in total. The van der Waals surface area contributed by atoms with Crippen LogP contribution in [0.25, 0.3) is 0 Å². The van der Waals surface area contributed by atoms with Crippen LogP contribution in [0.1, 0.15) is 89.2 Å². The Hall–Kier alpha value is -1.39. The maximum Gasteiger partial charge on any atom is 0.420 e. The minimum absolute atomic E-state index is 0.00256. The lowest BCUT2D eigenvalue weighted by Crippen LogP contribution is -2.22. The summed E-state index contributed by atoms with van der Waals surface area (Å²) in [6.07, 6.45) is 7.53. The van der Waals surface area contributed by atoms with Gasteiger partial charge in [0.2, 0.25) is 0 Å². The van der Waals surface area contributed by atoms with E-state index in [1.165, 1.54) is 38.5 Å². The van der Waals surface area contributed by atoms with E-state index < -0.39 is 11.7 Å². The number of ether oxygens (including phenoxy) is 2. The van der Waals surface area contributed by atoms with Gasteiger partial charge in [-0.15, -0.1) is 0 Å². The third-order valence-corrected chi connectivity index (χ3v) is 6.63. The quantitative estimate of drug-likeness (QED) is 0.410. The van der Waals surface area contributed by atoms with Gasteiger partial charge in [-0.2, -0.15) is 13.2 Å². The molecule has 0 spiro atoms. The van der Waals surface area contributed by atoms with Crippen molar-refractivity contribution in [3.8, 4) is 11.5 Å². The average Bonchev–Trinajstić information content (AvgIpc) is 2.71. The molecule has 1 aromatic carbocycles. The van der Waals surface area contributed by atoms with Crippen molar-refractivity contribution in [1.82, 2.24) is 0 Å². The molecule has 0 saturated heterocycles. The second kappa shape index (κ2) is 10.1. The van der Waals surface area contributed by atoms with Gasteiger partial charge in [0.25, 0.3) is 0 Å². The fourth-order valence-corrected chi connectivity index (χ4v) is 4.86. The molecule has 1 aliphatic heterocycles. The van der Waals surface area contributed by atoms with Gasteiger partial charge >= 0.3 is 6.18 Å². The molecule has 2 aliphatic rings. The normalized spacial score (nSPS) is 24.7. The molecule has 1 fully saturated rings. The summed E-state index contributed by atoms with van der Waals surface area (Å²) < 4.78 is 52.1. The Balaban J connectivity index is 1.55. The lowest BCUT2D eigenvalue weighted by atomic mass is 9.78. The van der Waals surface area contributed by atoms with Crippen molar-refractivity contribution >= 4 is 0 Å². The smallest absolute Gasteiger partial charge is 0.420 e. The molecule has 164 valence electrons. The van der Waals surface area contributed by atoms with Crippen molar-refractivity contribution in [3.05, 3.63) is 23.3 Å². The van der Waals surface area contributed by atoms with E-state index in [9.17, 15) is 13.2 Å². The first-order valence-electron chi connectivity index (χ1n) is 11.4. The highest BCUT2D eigenvalue weighted by molar-refractivity contribution is 5.48. The zero-order valence-corrected chi connectivity index (χ0v) is 17.8. The first-order valence-corrected chi connectivity index (χ1v) is 11.4. The molecule has 0 bridgehead atoms. The maximum absolute atomic E-state index is 13.6. The zero-order chi connectivity index (χ0) is 20.9. The van der Waals surface area contributed by atoms with Gasteiger partial charge in [0.05, 0.1) is 12.7 Å². The molecule has 0 amide bonds. The summed E-state index contributed by atoms with van der Waals surface area (Å²) in [4.78, 5) is 0. The Bertz CT molecular complexity index is 648. The predicted molar refractivity (Wildman–Crippen MR) is 110 cm³/mol. The Kier molecular flexibility index (Phi) is 7.75. The fraction of sp³-hybridized carbons (Fsp3) is 0.750. The molecule has 5 heteroatoms. The molecule has 1 saturated carbocycles. The third-order valence-electron chi connectivity index (χ3n) is 6.63. The molecule has 1 aliphatic carbocycles. The van der Waals surface area contributed by atoms with E-state index in [-0.39, 0.29) is 11.9 Å². The highest BCUT2D eigenvalue weighted by Gasteiger charge is 2.36. The van der Waals surface area contributed by atoms with Gasteiger partial charge in [-0.3, -0.25) is 0 Å². The maximum atomic E-state index is 13.6. The summed E-state index contributed by atoms with van der Waals surface area (Å²) >= 11 is 0. The fourth-order valence-electron chi connectivity index (χ4n) is 4.86. The Labute approximate surface area is 173 Å². The highest BCUT2D eigenvalue weighted by Crippen LogP contribution is 2.42. The Morgan fingerprint density at radius 2 is 1.69 bits per heavy atom. The van der Waals surface area contributed by atoms with E-state index in [0.717, 1.165) is 49.7 Å². The van der Waals surface area contributed by atoms with Gasteiger partial charge in [-0.1, -0.05) is 52.4 Å². The van der Waals surface area contributed by atoms with Crippen molar-refractivity contribution in [3.63, 3.8) is 0 Å². The van der Waals surface area contributed by atoms with Crippen LogP contribution in [0, 0.1) is 11.8 Å². The number of hydrogen-bond acceptors (Lipinski definition) is 2. The number of rotatable bonds is 8. The summed E-state index contributed by atoms with van der Waals surface area (Å²) in [7, 11) is 0. The van der Waals surface area contributed by atoms with Crippen LogP contribution in [-0.4, -0.2) is 12.7 Å². The van der Waals surface area contributed by atoms with Crippen molar-refractivity contribution < 1.29 is 22.6 Å². The first-order chi connectivity index (χ1) is 13.9.